The van der Waals surface area contributed by atoms with E-state index in [2.05, 4.69) is 15.8 Å². The predicted molar refractivity (Wildman–Crippen MR) is 87.9 cm³/mol. The number of nitrogens with one attached hydrogen (secondary N) is 2. The van der Waals surface area contributed by atoms with Gasteiger partial charge in [-0.25, -0.2) is 0 Å². The van der Waals surface area contributed by atoms with Gasteiger partial charge in [-0.15, -0.1) is 0 Å². The minimum absolute atomic E-state index is 0.243. The van der Waals surface area contributed by atoms with Gasteiger partial charge in [-0.2, -0.15) is 5.10 Å². The second-order valence-electron chi connectivity index (χ2n) is 4.77. The van der Waals surface area contributed by atoms with E-state index in [9.17, 15) is 4.79 Å². The fourth-order valence-electron chi connectivity index (χ4n) is 2.08. The Kier molecular flexibility index (Phi) is 5.68. The van der Waals surface area contributed by atoms with Crippen LogP contribution in [0.25, 0.3) is 0 Å². The maximum absolute atomic E-state index is 11.3. The molecule has 0 unspecified atom stereocenters. The molecule has 1 aliphatic rings. The van der Waals surface area contributed by atoms with Crippen LogP contribution in [-0.4, -0.2) is 23.2 Å². The van der Waals surface area contributed by atoms with Crippen LogP contribution >= 0.6 is 12.2 Å². The van der Waals surface area contributed by atoms with Crippen molar-refractivity contribution >= 4 is 34.5 Å². The highest BCUT2D eigenvalue weighted by Crippen LogP contribution is 2.15. The molecule has 2 N–H and O–H groups in total. The van der Waals surface area contributed by atoms with Crippen LogP contribution in [0.5, 0.6) is 5.75 Å². The Morgan fingerprint density at radius 3 is 2.76 bits per heavy atom. The van der Waals surface area contributed by atoms with Gasteiger partial charge in [0.15, 0.2) is 5.11 Å². The molecule has 0 heterocycles. The van der Waals surface area contributed by atoms with Crippen molar-refractivity contribution in [2.75, 3.05) is 11.9 Å². The Hall–Kier alpha value is -1.95. The molecule has 21 heavy (non-hydrogen) atoms. The zero-order chi connectivity index (χ0) is 15.1. The summed E-state index contributed by atoms with van der Waals surface area (Å²) in [6.45, 7) is 2.59. The second kappa shape index (κ2) is 7.73. The normalized spacial score (nSPS) is 16.6. The number of thiocarbonyl (C=S) groups is 1. The fraction of sp³-hybridized carbons (Fsp3) is 0.400. The topological polar surface area (TPSA) is 62.7 Å². The maximum Gasteiger partial charge on any atom is 0.191 e. The van der Waals surface area contributed by atoms with Crippen LogP contribution in [0.4, 0.5) is 5.69 Å². The fourth-order valence-corrected chi connectivity index (χ4v) is 2.24. The summed E-state index contributed by atoms with van der Waals surface area (Å²) in [5.74, 6) is 1.06. The summed E-state index contributed by atoms with van der Waals surface area (Å²) < 4.78 is 5.37. The maximum atomic E-state index is 11.3. The molecule has 112 valence electrons. The molecule has 0 bridgehead atoms. The first kappa shape index (κ1) is 15.4. The van der Waals surface area contributed by atoms with Crippen molar-refractivity contribution < 1.29 is 9.53 Å². The number of Topliss-reactive ketones (excluding diaryl/α,β-unsaturated/α-hetero) is 1. The second-order valence-corrected chi connectivity index (χ2v) is 5.18. The van der Waals surface area contributed by atoms with Gasteiger partial charge in [-0.3, -0.25) is 10.2 Å². The first-order chi connectivity index (χ1) is 10.2. The molecule has 0 amide bonds. The number of carbonyl (C=O) groups is 1. The molecule has 1 fully saturated rings. The van der Waals surface area contributed by atoms with Gasteiger partial charge in [0.25, 0.3) is 0 Å². The van der Waals surface area contributed by atoms with Crippen molar-refractivity contribution in [1.82, 2.24) is 5.43 Å². The lowest BCUT2D eigenvalue weighted by atomic mass is 9.97. The largest absolute Gasteiger partial charge is 0.494 e. The highest BCUT2D eigenvalue weighted by Gasteiger charge is 2.14. The van der Waals surface area contributed by atoms with E-state index in [1.807, 2.05) is 31.2 Å². The van der Waals surface area contributed by atoms with Crippen LogP contribution in [-0.2, 0) is 4.79 Å². The number of ketones is 1. The third-order valence-electron chi connectivity index (χ3n) is 3.06. The molecule has 1 aliphatic carbocycles. The number of ether oxygens (including phenoxy) is 1. The molecule has 0 saturated heterocycles. The summed E-state index contributed by atoms with van der Waals surface area (Å²) in [4.78, 5) is 11.3. The SMILES string of the molecule is CCOc1ccc(NC(=S)N/N=C2\CCCC(=O)C2)cc1. The summed E-state index contributed by atoms with van der Waals surface area (Å²) in [6.07, 6.45) is 2.81. The first-order valence-electron chi connectivity index (χ1n) is 7.04. The van der Waals surface area contributed by atoms with E-state index in [4.69, 9.17) is 17.0 Å². The van der Waals surface area contributed by atoms with Crippen LogP contribution in [0, 0.1) is 0 Å². The van der Waals surface area contributed by atoms with Crippen molar-refractivity contribution in [3.8, 4) is 5.75 Å². The van der Waals surface area contributed by atoms with Gasteiger partial charge in [0, 0.05) is 24.2 Å². The van der Waals surface area contributed by atoms with Gasteiger partial charge < -0.3 is 10.1 Å². The van der Waals surface area contributed by atoms with Crippen LogP contribution in [0.15, 0.2) is 29.4 Å². The van der Waals surface area contributed by atoms with Gasteiger partial charge >= 0.3 is 0 Å². The lowest BCUT2D eigenvalue weighted by Crippen LogP contribution is -2.26. The zero-order valence-electron chi connectivity index (χ0n) is 12.0. The van der Waals surface area contributed by atoms with E-state index in [1.165, 1.54) is 0 Å². The molecule has 0 spiro atoms. The number of rotatable bonds is 4. The van der Waals surface area contributed by atoms with E-state index in [-0.39, 0.29) is 5.78 Å². The van der Waals surface area contributed by atoms with Crippen molar-refractivity contribution in [3.05, 3.63) is 24.3 Å². The molecule has 0 atom stereocenters. The molecule has 1 saturated carbocycles. The van der Waals surface area contributed by atoms with Crippen LogP contribution in [0.3, 0.4) is 0 Å². The van der Waals surface area contributed by atoms with Gasteiger partial charge in [0.05, 0.1) is 6.61 Å². The molecule has 0 aromatic heterocycles. The highest BCUT2D eigenvalue weighted by atomic mass is 32.1. The van der Waals surface area contributed by atoms with Crippen molar-refractivity contribution in [2.45, 2.75) is 32.6 Å². The van der Waals surface area contributed by atoms with Gasteiger partial charge in [0.2, 0.25) is 0 Å². The molecular weight excluding hydrogens is 286 g/mol. The Labute approximate surface area is 129 Å². The number of benzene rings is 1. The molecule has 6 heteroatoms. The Morgan fingerprint density at radius 2 is 2.10 bits per heavy atom. The number of hydrazone groups is 1. The van der Waals surface area contributed by atoms with E-state index >= 15 is 0 Å². The molecular formula is C15H19N3O2S. The highest BCUT2D eigenvalue weighted by molar-refractivity contribution is 7.80. The van der Waals surface area contributed by atoms with E-state index in [0.717, 1.165) is 30.0 Å². The summed E-state index contributed by atoms with van der Waals surface area (Å²) in [5, 5.41) is 7.64. The predicted octanol–water partition coefficient (Wildman–Crippen LogP) is 2.87. The summed E-state index contributed by atoms with van der Waals surface area (Å²) >= 11 is 5.17. The van der Waals surface area contributed by atoms with Crippen molar-refractivity contribution in [3.63, 3.8) is 0 Å². The first-order valence-corrected chi connectivity index (χ1v) is 7.45. The lowest BCUT2D eigenvalue weighted by Gasteiger charge is -2.13. The Bertz CT molecular complexity index is 540. The lowest BCUT2D eigenvalue weighted by molar-refractivity contribution is -0.118. The van der Waals surface area contributed by atoms with Gasteiger partial charge in [0.1, 0.15) is 11.5 Å². The summed E-state index contributed by atoms with van der Waals surface area (Å²) in [6, 6.07) is 7.52. The average Bonchev–Trinajstić information content (AvgIpc) is 2.48. The van der Waals surface area contributed by atoms with E-state index < -0.39 is 0 Å². The Balaban J connectivity index is 1.83. The number of carbonyl (C=O) groups excluding carboxylic acids is 1. The molecule has 1 aromatic rings. The zero-order valence-corrected chi connectivity index (χ0v) is 12.8. The standard InChI is InChI=1S/C15H19N3O2S/c1-2-20-14-8-6-11(7-9-14)16-15(21)18-17-12-4-3-5-13(19)10-12/h6-9H,2-5,10H2,1H3,(H2,16,18,21)/b17-12+. The minimum atomic E-state index is 0.243. The number of anilines is 1. The van der Waals surface area contributed by atoms with E-state index in [0.29, 0.717) is 24.6 Å². The third-order valence-corrected chi connectivity index (χ3v) is 3.25. The van der Waals surface area contributed by atoms with Crippen LogP contribution in [0.2, 0.25) is 0 Å². The summed E-state index contributed by atoms with van der Waals surface area (Å²) in [7, 11) is 0. The van der Waals surface area contributed by atoms with Crippen molar-refractivity contribution in [1.29, 1.82) is 0 Å². The Morgan fingerprint density at radius 1 is 1.33 bits per heavy atom. The average molecular weight is 305 g/mol. The minimum Gasteiger partial charge on any atom is -0.494 e. The van der Waals surface area contributed by atoms with Gasteiger partial charge in [-0.1, -0.05) is 0 Å². The van der Waals surface area contributed by atoms with E-state index in [1.54, 1.807) is 0 Å². The smallest absolute Gasteiger partial charge is 0.191 e. The number of hydrogen-bond acceptors (Lipinski definition) is 4. The molecule has 0 radical (unpaired) electrons. The van der Waals surface area contributed by atoms with Gasteiger partial charge in [-0.05, 0) is 56.2 Å². The molecule has 5 nitrogen and oxygen atoms in total. The molecule has 1 aromatic carbocycles. The van der Waals surface area contributed by atoms with Crippen LogP contribution in [0.1, 0.15) is 32.6 Å². The van der Waals surface area contributed by atoms with Crippen LogP contribution < -0.4 is 15.5 Å². The monoisotopic (exact) mass is 305 g/mol. The summed E-state index contributed by atoms with van der Waals surface area (Å²) in [5.41, 5.74) is 4.51. The quantitative estimate of drug-likeness (QED) is 0.661. The molecule has 0 aliphatic heterocycles. The number of hydrogen-bond donors (Lipinski definition) is 2. The third kappa shape index (κ3) is 5.15. The van der Waals surface area contributed by atoms with Crippen molar-refractivity contribution in [2.24, 2.45) is 5.10 Å². The molecule has 2 rings (SSSR count). The number of nitrogens with zero attached hydrogens (tertiary/aromatic N) is 1.